The van der Waals surface area contributed by atoms with E-state index in [1.165, 1.54) is 17.7 Å². The second-order valence-corrected chi connectivity index (χ2v) is 5.97. The minimum Gasteiger partial charge on any atom is -0.495 e. The zero-order valence-electron chi connectivity index (χ0n) is 14.9. The van der Waals surface area contributed by atoms with Gasteiger partial charge in [-0.15, -0.1) is 0 Å². The number of morpholine rings is 1. The summed E-state index contributed by atoms with van der Waals surface area (Å²) in [6, 6.07) is 8.56. The number of aryl methyl sites for hydroxylation is 1. The van der Waals surface area contributed by atoms with E-state index in [1.807, 2.05) is 11.0 Å². The van der Waals surface area contributed by atoms with Crippen molar-refractivity contribution in [3.8, 4) is 5.75 Å². The van der Waals surface area contributed by atoms with E-state index in [4.69, 9.17) is 9.47 Å². The maximum atomic E-state index is 12.5. The van der Waals surface area contributed by atoms with Gasteiger partial charge in [-0.25, -0.2) is 4.98 Å². The molecule has 0 saturated carbocycles. The number of methoxy groups -OCH3 is 1. The van der Waals surface area contributed by atoms with Gasteiger partial charge in [-0.2, -0.15) is 0 Å². The Morgan fingerprint density at radius 3 is 2.77 bits per heavy atom. The molecule has 1 aliphatic heterocycles. The first-order valence-electron chi connectivity index (χ1n) is 8.42. The van der Waals surface area contributed by atoms with Gasteiger partial charge in [0, 0.05) is 24.8 Å². The molecule has 8 nitrogen and oxygen atoms in total. The Morgan fingerprint density at radius 2 is 2.04 bits per heavy atom. The summed E-state index contributed by atoms with van der Waals surface area (Å²) in [5.41, 5.74) is 0.924. The molecule has 26 heavy (non-hydrogen) atoms. The number of ether oxygens (including phenoxy) is 2. The third-order valence-electron chi connectivity index (χ3n) is 4.09. The number of hydrogen-bond donors (Lipinski definition) is 1. The Hall–Kier alpha value is -2.87. The third-order valence-corrected chi connectivity index (χ3v) is 4.09. The summed E-state index contributed by atoms with van der Waals surface area (Å²) in [5, 5.41) is 2.79. The summed E-state index contributed by atoms with van der Waals surface area (Å²) in [6.45, 7) is 4.03. The van der Waals surface area contributed by atoms with Crippen LogP contribution in [0.2, 0.25) is 0 Å². The van der Waals surface area contributed by atoms with Crippen molar-refractivity contribution in [2.45, 2.75) is 13.5 Å². The van der Waals surface area contributed by atoms with Gasteiger partial charge in [0.1, 0.15) is 12.3 Å². The molecule has 0 bridgehead atoms. The van der Waals surface area contributed by atoms with Crippen LogP contribution in [0, 0.1) is 6.92 Å². The van der Waals surface area contributed by atoms with E-state index in [2.05, 4.69) is 10.3 Å². The largest absolute Gasteiger partial charge is 0.495 e. The van der Waals surface area contributed by atoms with Crippen LogP contribution in [0.15, 0.2) is 35.1 Å². The highest BCUT2D eigenvalue weighted by Gasteiger charge is 2.19. The number of benzene rings is 1. The lowest BCUT2D eigenvalue weighted by molar-refractivity contribution is -0.116. The molecule has 1 aromatic carbocycles. The van der Waals surface area contributed by atoms with Crippen molar-refractivity contribution in [1.29, 1.82) is 0 Å². The fourth-order valence-corrected chi connectivity index (χ4v) is 2.84. The van der Waals surface area contributed by atoms with Gasteiger partial charge in [-0.3, -0.25) is 14.2 Å². The van der Waals surface area contributed by atoms with Crippen LogP contribution in [0.4, 0.5) is 11.6 Å². The van der Waals surface area contributed by atoms with Crippen LogP contribution >= 0.6 is 0 Å². The van der Waals surface area contributed by atoms with E-state index in [9.17, 15) is 9.59 Å². The van der Waals surface area contributed by atoms with Crippen molar-refractivity contribution in [2.75, 3.05) is 43.6 Å². The predicted octanol–water partition coefficient (Wildman–Crippen LogP) is 1.04. The van der Waals surface area contributed by atoms with Crippen LogP contribution in [0.1, 0.15) is 5.69 Å². The summed E-state index contributed by atoms with van der Waals surface area (Å²) in [5.74, 6) is 0.730. The SMILES string of the molecule is COc1ccccc1NC(=O)Cn1c(N2CCOCC2)nc(C)cc1=O. The maximum absolute atomic E-state index is 12.5. The minimum absolute atomic E-state index is 0.128. The van der Waals surface area contributed by atoms with E-state index in [0.717, 1.165) is 0 Å². The van der Waals surface area contributed by atoms with E-state index in [1.54, 1.807) is 25.1 Å². The standard InChI is InChI=1S/C18H22N4O4/c1-13-11-17(24)22(18(19-13)21-7-9-26-10-8-21)12-16(23)20-14-5-3-4-6-15(14)25-2/h3-6,11H,7-10,12H2,1-2H3,(H,20,23). The van der Waals surface area contributed by atoms with Crippen LogP contribution in [0.5, 0.6) is 5.75 Å². The average Bonchev–Trinajstić information content (AvgIpc) is 2.65. The molecule has 0 atom stereocenters. The fraction of sp³-hybridized carbons (Fsp3) is 0.389. The number of hydrogen-bond acceptors (Lipinski definition) is 6. The van der Waals surface area contributed by atoms with Crippen molar-refractivity contribution < 1.29 is 14.3 Å². The first-order valence-corrected chi connectivity index (χ1v) is 8.42. The van der Waals surface area contributed by atoms with Crippen molar-refractivity contribution in [2.24, 2.45) is 0 Å². The molecule has 3 rings (SSSR count). The lowest BCUT2D eigenvalue weighted by Gasteiger charge is -2.29. The van der Waals surface area contributed by atoms with E-state index < -0.39 is 0 Å². The van der Waals surface area contributed by atoms with Crippen molar-refractivity contribution in [1.82, 2.24) is 9.55 Å². The van der Waals surface area contributed by atoms with E-state index in [-0.39, 0.29) is 18.0 Å². The van der Waals surface area contributed by atoms with Gasteiger partial charge in [0.05, 0.1) is 26.0 Å². The summed E-state index contributed by atoms with van der Waals surface area (Å²) in [7, 11) is 1.54. The van der Waals surface area contributed by atoms with Gasteiger partial charge < -0.3 is 19.7 Å². The Kier molecular flexibility index (Phi) is 5.52. The van der Waals surface area contributed by atoms with Crippen LogP contribution in [0.25, 0.3) is 0 Å². The smallest absolute Gasteiger partial charge is 0.255 e. The Bertz CT molecular complexity index is 843. The van der Waals surface area contributed by atoms with Crippen LogP contribution < -0.4 is 20.5 Å². The number of anilines is 2. The van der Waals surface area contributed by atoms with Crippen LogP contribution in [0.3, 0.4) is 0 Å². The molecule has 0 aliphatic carbocycles. The first kappa shape index (κ1) is 17.9. The molecule has 2 aromatic rings. The number of aromatic nitrogens is 2. The summed E-state index contributed by atoms with van der Waals surface area (Å²) < 4.78 is 12.0. The zero-order valence-corrected chi connectivity index (χ0v) is 14.9. The second-order valence-electron chi connectivity index (χ2n) is 5.97. The molecule has 1 fully saturated rings. The van der Waals surface area contributed by atoms with Crippen molar-refractivity contribution >= 4 is 17.5 Å². The molecule has 1 N–H and O–H groups in total. The summed E-state index contributed by atoms with van der Waals surface area (Å²) >= 11 is 0. The minimum atomic E-state index is -0.322. The van der Waals surface area contributed by atoms with Gasteiger partial charge in [0.25, 0.3) is 5.56 Å². The number of rotatable bonds is 5. The molecule has 1 aromatic heterocycles. The highest BCUT2D eigenvalue weighted by atomic mass is 16.5. The Balaban J connectivity index is 1.84. The Morgan fingerprint density at radius 1 is 1.31 bits per heavy atom. The molecule has 0 spiro atoms. The highest BCUT2D eigenvalue weighted by molar-refractivity contribution is 5.92. The molecular formula is C18H22N4O4. The number of amides is 1. The van der Waals surface area contributed by atoms with Crippen molar-refractivity contribution in [3.63, 3.8) is 0 Å². The first-order chi connectivity index (χ1) is 12.6. The molecule has 1 amide bonds. The molecule has 1 saturated heterocycles. The van der Waals surface area contributed by atoms with E-state index in [0.29, 0.717) is 49.4 Å². The number of carbonyl (C=O) groups is 1. The van der Waals surface area contributed by atoms with Gasteiger partial charge in [0.2, 0.25) is 11.9 Å². The maximum Gasteiger partial charge on any atom is 0.255 e. The van der Waals surface area contributed by atoms with Gasteiger partial charge in [-0.1, -0.05) is 12.1 Å². The highest BCUT2D eigenvalue weighted by Crippen LogP contribution is 2.23. The molecule has 138 valence electrons. The third kappa shape index (κ3) is 4.02. The van der Waals surface area contributed by atoms with Crippen LogP contribution in [-0.4, -0.2) is 48.9 Å². The number of nitrogens with zero attached hydrogens (tertiary/aromatic N) is 3. The number of para-hydroxylation sites is 2. The topological polar surface area (TPSA) is 85.7 Å². The van der Waals surface area contributed by atoms with Crippen molar-refractivity contribution in [3.05, 3.63) is 46.4 Å². The number of nitrogens with one attached hydrogen (secondary N) is 1. The van der Waals surface area contributed by atoms with Gasteiger partial charge in [-0.05, 0) is 19.1 Å². The average molecular weight is 358 g/mol. The monoisotopic (exact) mass is 358 g/mol. The lowest BCUT2D eigenvalue weighted by Crippen LogP contribution is -2.41. The molecular weight excluding hydrogens is 336 g/mol. The quantitative estimate of drug-likeness (QED) is 0.859. The van der Waals surface area contributed by atoms with E-state index >= 15 is 0 Å². The second kappa shape index (κ2) is 8.01. The fourth-order valence-electron chi connectivity index (χ4n) is 2.84. The Labute approximate surface area is 151 Å². The zero-order chi connectivity index (χ0) is 18.5. The summed E-state index contributed by atoms with van der Waals surface area (Å²) in [4.78, 5) is 31.4. The lowest BCUT2D eigenvalue weighted by atomic mass is 10.3. The summed E-state index contributed by atoms with van der Waals surface area (Å²) in [6.07, 6.45) is 0. The molecule has 0 unspecified atom stereocenters. The van der Waals surface area contributed by atoms with Gasteiger partial charge >= 0.3 is 0 Å². The van der Waals surface area contributed by atoms with Crippen LogP contribution in [-0.2, 0) is 16.1 Å². The predicted molar refractivity (Wildman–Crippen MR) is 97.9 cm³/mol. The molecule has 1 aliphatic rings. The molecule has 8 heteroatoms. The number of carbonyl (C=O) groups excluding carboxylic acids is 1. The molecule has 2 heterocycles. The normalized spacial score (nSPS) is 14.2. The van der Waals surface area contributed by atoms with Gasteiger partial charge in [0.15, 0.2) is 0 Å². The molecule has 0 radical (unpaired) electrons.